The fourth-order valence-corrected chi connectivity index (χ4v) is 7.28. The lowest BCUT2D eigenvalue weighted by Gasteiger charge is -2.38. The average molecular weight is 560 g/mol. The van der Waals surface area contributed by atoms with E-state index in [-0.39, 0.29) is 32.1 Å². The van der Waals surface area contributed by atoms with Crippen LogP contribution in [0.5, 0.6) is 0 Å². The number of nitrogens with one attached hydrogen (secondary N) is 1. The van der Waals surface area contributed by atoms with Crippen LogP contribution in [0.2, 0.25) is 0 Å². The third-order valence-corrected chi connectivity index (χ3v) is 9.59. The van der Waals surface area contributed by atoms with E-state index in [9.17, 15) is 18.0 Å². The van der Waals surface area contributed by atoms with E-state index in [4.69, 9.17) is 15.9 Å². The molecule has 1 unspecified atom stereocenters. The molecule has 2 aliphatic rings. The number of carbonyl (C=O) groups excluding carboxylic acids is 2. The average Bonchev–Trinajstić information content (AvgIpc) is 3.52. The summed E-state index contributed by atoms with van der Waals surface area (Å²) < 4.78 is 34.6. The molecule has 0 aliphatic carbocycles. The zero-order valence-corrected chi connectivity index (χ0v) is 22.7. The molecule has 12 nitrogen and oxygen atoms in total. The van der Waals surface area contributed by atoms with Crippen molar-refractivity contribution >= 4 is 50.0 Å². The maximum absolute atomic E-state index is 13.6. The van der Waals surface area contributed by atoms with Crippen LogP contribution in [-0.2, 0) is 32.7 Å². The van der Waals surface area contributed by atoms with Gasteiger partial charge in [-0.1, -0.05) is 12.1 Å². The first kappa shape index (κ1) is 26.3. The second-order valence-electron chi connectivity index (χ2n) is 9.35. The van der Waals surface area contributed by atoms with Crippen LogP contribution in [0.1, 0.15) is 32.9 Å². The van der Waals surface area contributed by atoms with Crippen molar-refractivity contribution in [2.45, 2.75) is 25.9 Å². The Labute approximate surface area is 224 Å². The van der Waals surface area contributed by atoms with Gasteiger partial charge in [0.05, 0.1) is 12.3 Å². The van der Waals surface area contributed by atoms with Gasteiger partial charge in [0.2, 0.25) is 0 Å². The first-order chi connectivity index (χ1) is 18.1. The van der Waals surface area contributed by atoms with E-state index >= 15 is 0 Å². The third kappa shape index (κ3) is 4.79. The number of rotatable bonds is 6. The van der Waals surface area contributed by atoms with Crippen LogP contribution in [0.4, 0.5) is 0 Å². The van der Waals surface area contributed by atoms with Gasteiger partial charge in [-0.15, -0.1) is 11.3 Å². The van der Waals surface area contributed by atoms with Gasteiger partial charge in [-0.2, -0.15) is 12.7 Å². The molecule has 3 N–H and O–H groups in total. The normalized spacial score (nSPS) is 18.9. The molecule has 1 aromatic carbocycles. The molecule has 14 heteroatoms. The van der Waals surface area contributed by atoms with Gasteiger partial charge in [0, 0.05) is 72.8 Å². The van der Waals surface area contributed by atoms with Crippen LogP contribution in [-0.4, -0.2) is 95.1 Å². The molecular weight excluding hydrogens is 530 g/mol. The van der Waals surface area contributed by atoms with E-state index < -0.39 is 28.1 Å². The molecule has 0 saturated carbocycles. The Morgan fingerprint density at radius 2 is 1.97 bits per heavy atom. The summed E-state index contributed by atoms with van der Waals surface area (Å²) in [6.45, 7) is 3.11. The van der Waals surface area contributed by atoms with Crippen molar-refractivity contribution in [1.82, 2.24) is 23.1 Å². The largest absolute Gasteiger partial charge is 0.464 e. The quantitative estimate of drug-likeness (QED) is 0.256. The second kappa shape index (κ2) is 10.1. The van der Waals surface area contributed by atoms with Gasteiger partial charge < -0.3 is 20.3 Å². The van der Waals surface area contributed by atoms with E-state index in [0.717, 1.165) is 27.5 Å². The van der Waals surface area contributed by atoms with Gasteiger partial charge in [0.15, 0.2) is 5.01 Å². The molecule has 1 atom stereocenters. The summed E-state index contributed by atoms with van der Waals surface area (Å²) in [7, 11) is -2.05. The monoisotopic (exact) mass is 559 g/mol. The maximum Gasteiger partial charge on any atom is 0.330 e. The van der Waals surface area contributed by atoms with Crippen molar-refractivity contribution in [3.05, 3.63) is 51.7 Å². The molecule has 5 rings (SSSR count). The lowest BCUT2D eigenvalue weighted by Crippen LogP contribution is -2.60. The van der Waals surface area contributed by atoms with E-state index in [1.54, 1.807) is 25.1 Å². The number of carbonyl (C=O) groups is 2. The molecule has 202 valence electrons. The number of likely N-dealkylation sites (N-methyl/N-ethyl adjacent to an activating group) is 1. The van der Waals surface area contributed by atoms with Gasteiger partial charge >= 0.3 is 16.2 Å². The molecular formula is C24H29N7O5S2. The summed E-state index contributed by atoms with van der Waals surface area (Å²) in [5, 5.41) is 9.19. The zero-order valence-electron chi connectivity index (χ0n) is 21.1. The van der Waals surface area contributed by atoms with Crippen molar-refractivity contribution in [1.29, 1.82) is 5.41 Å². The van der Waals surface area contributed by atoms with Crippen molar-refractivity contribution in [3.63, 3.8) is 0 Å². The second-order valence-corrected chi connectivity index (χ2v) is 12.3. The van der Waals surface area contributed by atoms with Gasteiger partial charge in [-0.3, -0.25) is 10.2 Å². The van der Waals surface area contributed by atoms with Crippen molar-refractivity contribution in [3.8, 4) is 0 Å². The van der Waals surface area contributed by atoms with Crippen molar-refractivity contribution in [2.24, 2.45) is 5.73 Å². The predicted octanol–water partition coefficient (Wildman–Crippen LogP) is 0.852. The highest BCUT2D eigenvalue weighted by molar-refractivity contribution is 7.87. The Morgan fingerprint density at radius 3 is 2.71 bits per heavy atom. The molecule has 1 fully saturated rings. The summed E-state index contributed by atoms with van der Waals surface area (Å²) in [4.78, 5) is 35.5. The summed E-state index contributed by atoms with van der Waals surface area (Å²) >= 11 is 1.32. The van der Waals surface area contributed by atoms with E-state index in [1.807, 2.05) is 7.05 Å². The molecule has 2 aromatic heterocycles. The molecule has 1 amide bonds. The van der Waals surface area contributed by atoms with Crippen LogP contribution in [0, 0.1) is 5.41 Å². The zero-order chi connectivity index (χ0) is 27.2. The maximum atomic E-state index is 13.6. The van der Waals surface area contributed by atoms with E-state index in [1.165, 1.54) is 32.9 Å². The van der Waals surface area contributed by atoms with Gasteiger partial charge in [0.25, 0.3) is 5.91 Å². The van der Waals surface area contributed by atoms with Crippen LogP contribution in [0.3, 0.4) is 0 Å². The number of piperazine rings is 1. The molecule has 38 heavy (non-hydrogen) atoms. The number of aromatic nitrogens is 2. The fourth-order valence-electron chi connectivity index (χ4n) is 4.74. The smallest absolute Gasteiger partial charge is 0.330 e. The van der Waals surface area contributed by atoms with Crippen molar-refractivity contribution < 1.29 is 22.7 Å². The van der Waals surface area contributed by atoms with Crippen LogP contribution >= 0.6 is 11.3 Å². The number of fused-ring (bicyclic) bond motifs is 2. The summed E-state index contributed by atoms with van der Waals surface area (Å²) in [6, 6.07) is 3.88. The van der Waals surface area contributed by atoms with E-state index in [0.29, 0.717) is 27.9 Å². The summed E-state index contributed by atoms with van der Waals surface area (Å²) in [5.74, 6) is -1.18. The van der Waals surface area contributed by atoms with Crippen molar-refractivity contribution in [2.75, 3.05) is 39.8 Å². The molecule has 0 spiro atoms. The van der Waals surface area contributed by atoms with Gasteiger partial charge in [-0.05, 0) is 20.0 Å². The Morgan fingerprint density at radius 1 is 1.21 bits per heavy atom. The SMILES string of the molecule is CCOC(=O)C1CN(S(=O)(=O)n2cc3ccc(C(=N)N)cc3c2)CCN1C(=O)c1nc2c(s1)CN(C)CC2. The third-order valence-electron chi connectivity index (χ3n) is 6.79. The van der Waals surface area contributed by atoms with Crippen LogP contribution in [0.25, 0.3) is 10.8 Å². The standard InChI is InChI=1S/C24H29N7O5S2/c1-3-36-24(33)19-13-29(38(34,35)30-11-16-5-4-15(21(25)26)10-17(16)12-30)8-9-31(19)23(32)22-27-18-6-7-28(2)14-20(18)37-22/h4-5,10-12,19H,3,6-9,13-14H2,1-2H3,(H3,25,26). The van der Waals surface area contributed by atoms with Gasteiger partial charge in [0.1, 0.15) is 11.9 Å². The number of amidine groups is 1. The van der Waals surface area contributed by atoms with E-state index in [2.05, 4.69) is 9.88 Å². The number of nitrogen functional groups attached to an aromatic ring is 1. The van der Waals surface area contributed by atoms with Gasteiger partial charge in [-0.25, -0.2) is 13.8 Å². The number of ether oxygens (including phenoxy) is 1. The molecule has 1 saturated heterocycles. The predicted molar refractivity (Wildman–Crippen MR) is 142 cm³/mol. The Hall–Kier alpha value is -3.33. The first-order valence-electron chi connectivity index (χ1n) is 12.2. The number of amides is 1. The number of nitrogens with zero attached hydrogens (tertiary/aromatic N) is 5. The lowest BCUT2D eigenvalue weighted by atomic mass is 10.1. The Bertz CT molecular complexity index is 1530. The molecule has 0 bridgehead atoms. The summed E-state index contributed by atoms with van der Waals surface area (Å²) in [5.41, 5.74) is 6.95. The van der Waals surface area contributed by atoms with Crippen LogP contribution < -0.4 is 5.73 Å². The Balaban J connectivity index is 1.41. The lowest BCUT2D eigenvalue weighted by molar-refractivity contribution is -0.149. The summed E-state index contributed by atoms with van der Waals surface area (Å²) in [6.07, 6.45) is 3.68. The highest BCUT2D eigenvalue weighted by Crippen LogP contribution is 2.28. The highest BCUT2D eigenvalue weighted by Gasteiger charge is 2.42. The molecule has 3 aromatic rings. The molecule has 4 heterocycles. The number of hydrogen-bond donors (Lipinski definition) is 2. The highest BCUT2D eigenvalue weighted by atomic mass is 32.2. The minimum atomic E-state index is -4.06. The number of esters is 1. The van der Waals surface area contributed by atoms with Crippen LogP contribution in [0.15, 0.2) is 30.6 Å². The molecule has 0 radical (unpaired) electrons. The number of benzene rings is 1. The molecule has 2 aliphatic heterocycles. The Kier molecular flexibility index (Phi) is 6.98. The minimum Gasteiger partial charge on any atom is -0.464 e. The first-order valence-corrected chi connectivity index (χ1v) is 14.4. The minimum absolute atomic E-state index is 0.00499. The fraction of sp³-hybridized carbons (Fsp3) is 0.417. The number of hydrogen-bond acceptors (Lipinski definition) is 9. The number of thiazole rings is 1. The number of nitrogens with two attached hydrogens (primary N) is 1. The topological polar surface area (TPSA) is 155 Å².